The second kappa shape index (κ2) is 8.11. The number of pyridine rings is 1. The first kappa shape index (κ1) is 21.8. The van der Waals surface area contributed by atoms with E-state index in [-0.39, 0.29) is 5.56 Å². The fraction of sp³-hybridized carbons (Fsp3) is 0.120. The molecule has 2 heterocycles. The summed E-state index contributed by atoms with van der Waals surface area (Å²) in [6.07, 6.45) is -1.91. The minimum absolute atomic E-state index is 0.318. The van der Waals surface area contributed by atoms with Crippen LogP contribution in [0.1, 0.15) is 5.56 Å². The first-order chi connectivity index (χ1) is 16.2. The smallest absolute Gasteiger partial charge is 0.381 e. The summed E-state index contributed by atoms with van der Waals surface area (Å²) < 4.78 is 57.0. The number of nitrogens with zero attached hydrogens (tertiary/aromatic N) is 3. The quantitative estimate of drug-likeness (QED) is 0.332. The minimum atomic E-state index is -4.95. The first-order valence-corrected chi connectivity index (χ1v) is 10.4. The molecule has 34 heavy (non-hydrogen) atoms. The number of aromatic nitrogens is 3. The number of aliphatic hydroxyl groups is 1. The molecule has 1 unspecified atom stereocenters. The summed E-state index contributed by atoms with van der Waals surface area (Å²) in [5.74, 6) is -0.409. The third kappa shape index (κ3) is 3.84. The number of nitrogens with one attached hydrogen (secondary N) is 1. The molecule has 0 aliphatic carbocycles. The Kier molecular flexibility index (Phi) is 5.21. The highest BCUT2D eigenvalue weighted by molar-refractivity contribution is 5.82. The predicted octanol–water partition coefficient (Wildman–Crippen LogP) is 5.57. The van der Waals surface area contributed by atoms with Crippen molar-refractivity contribution in [2.45, 2.75) is 11.8 Å². The van der Waals surface area contributed by atoms with Gasteiger partial charge in [-0.05, 0) is 66.2 Å². The molecule has 0 spiro atoms. The van der Waals surface area contributed by atoms with Gasteiger partial charge in [-0.15, -0.1) is 0 Å². The molecule has 0 aliphatic rings. The van der Waals surface area contributed by atoms with Gasteiger partial charge >= 0.3 is 6.18 Å². The number of halogens is 4. The second-order valence-electron chi connectivity index (χ2n) is 7.93. The zero-order valence-electron chi connectivity index (χ0n) is 17.6. The van der Waals surface area contributed by atoms with E-state index in [1.165, 1.54) is 53.3 Å². The lowest BCUT2D eigenvalue weighted by Gasteiger charge is -2.31. The van der Waals surface area contributed by atoms with Crippen molar-refractivity contribution < 1.29 is 22.7 Å². The van der Waals surface area contributed by atoms with E-state index in [4.69, 9.17) is 0 Å². The maximum Gasteiger partial charge on any atom is 0.423 e. The van der Waals surface area contributed by atoms with Gasteiger partial charge in [0.25, 0.3) is 0 Å². The molecule has 2 aromatic heterocycles. The van der Waals surface area contributed by atoms with Crippen LogP contribution in [0.15, 0.2) is 85.2 Å². The van der Waals surface area contributed by atoms with Gasteiger partial charge in [-0.25, -0.2) is 9.07 Å². The van der Waals surface area contributed by atoms with Gasteiger partial charge in [0.1, 0.15) is 5.82 Å². The van der Waals surface area contributed by atoms with Crippen LogP contribution < -0.4 is 5.32 Å². The van der Waals surface area contributed by atoms with Crippen LogP contribution in [0.2, 0.25) is 0 Å². The van der Waals surface area contributed by atoms with Gasteiger partial charge in [-0.3, -0.25) is 4.98 Å². The van der Waals surface area contributed by atoms with Crippen molar-refractivity contribution in [3.8, 4) is 5.69 Å². The van der Waals surface area contributed by atoms with Crippen LogP contribution in [-0.4, -0.2) is 32.6 Å². The molecule has 0 saturated heterocycles. The number of anilines is 1. The van der Waals surface area contributed by atoms with Crippen molar-refractivity contribution in [2.75, 3.05) is 11.9 Å². The number of fused-ring (bicyclic) bond motifs is 2. The van der Waals surface area contributed by atoms with Crippen LogP contribution in [0.4, 0.5) is 23.2 Å². The van der Waals surface area contributed by atoms with Gasteiger partial charge in [0.2, 0.25) is 5.60 Å². The molecule has 9 heteroatoms. The Balaban J connectivity index is 1.48. The van der Waals surface area contributed by atoms with E-state index in [0.717, 1.165) is 5.39 Å². The molecule has 5 aromatic rings. The predicted molar refractivity (Wildman–Crippen MR) is 121 cm³/mol. The highest BCUT2D eigenvalue weighted by Crippen LogP contribution is 2.40. The van der Waals surface area contributed by atoms with E-state index in [0.29, 0.717) is 27.8 Å². The third-order valence-corrected chi connectivity index (χ3v) is 5.74. The third-order valence-electron chi connectivity index (χ3n) is 5.74. The van der Waals surface area contributed by atoms with Crippen LogP contribution in [0.25, 0.3) is 27.5 Å². The summed E-state index contributed by atoms with van der Waals surface area (Å²) in [5.41, 5.74) is -1.25. The fourth-order valence-corrected chi connectivity index (χ4v) is 3.86. The molecule has 0 aliphatic heterocycles. The van der Waals surface area contributed by atoms with Gasteiger partial charge in [-0.1, -0.05) is 12.1 Å². The molecule has 1 atom stereocenters. The van der Waals surface area contributed by atoms with E-state index in [1.54, 1.807) is 36.5 Å². The van der Waals surface area contributed by atoms with Crippen molar-refractivity contribution >= 4 is 27.5 Å². The topological polar surface area (TPSA) is 63.0 Å². The molecule has 3 aromatic carbocycles. The molecule has 2 N–H and O–H groups in total. The Morgan fingerprint density at radius 2 is 1.71 bits per heavy atom. The summed E-state index contributed by atoms with van der Waals surface area (Å²) in [5, 5.41) is 18.9. The standard InChI is InChI=1S/C25H18F4N4O/c26-19-4-7-21(8-5-19)33-23-10-3-18(12-17(23)14-32-33)24(34,25(27,28)29)15-31-20-6-9-22-16(13-20)2-1-11-30-22/h1-14,31,34H,15H2. The van der Waals surface area contributed by atoms with Crippen molar-refractivity contribution in [1.82, 2.24) is 14.8 Å². The molecule has 5 rings (SSSR count). The Morgan fingerprint density at radius 1 is 0.912 bits per heavy atom. The molecule has 0 fully saturated rings. The summed E-state index contributed by atoms with van der Waals surface area (Å²) in [6, 6.07) is 18.1. The summed E-state index contributed by atoms with van der Waals surface area (Å²) >= 11 is 0. The number of benzene rings is 3. The molecule has 0 bridgehead atoms. The minimum Gasteiger partial charge on any atom is -0.381 e. The number of rotatable bonds is 5. The first-order valence-electron chi connectivity index (χ1n) is 10.4. The van der Waals surface area contributed by atoms with E-state index in [2.05, 4.69) is 15.4 Å². The van der Waals surface area contributed by atoms with Gasteiger partial charge in [0, 0.05) is 22.7 Å². The zero-order valence-corrected chi connectivity index (χ0v) is 17.6. The van der Waals surface area contributed by atoms with Crippen LogP contribution in [0.3, 0.4) is 0 Å². The average molecular weight is 466 g/mol. The largest absolute Gasteiger partial charge is 0.423 e. The second-order valence-corrected chi connectivity index (χ2v) is 7.93. The molecular weight excluding hydrogens is 448 g/mol. The van der Waals surface area contributed by atoms with Gasteiger partial charge in [0.15, 0.2) is 0 Å². The number of alkyl halides is 3. The summed E-state index contributed by atoms with van der Waals surface area (Å²) in [6.45, 7) is -0.792. The van der Waals surface area contributed by atoms with Crippen LogP contribution in [-0.2, 0) is 5.60 Å². The zero-order chi connectivity index (χ0) is 23.9. The Labute approximate surface area is 191 Å². The lowest BCUT2D eigenvalue weighted by Crippen LogP contribution is -2.47. The van der Waals surface area contributed by atoms with E-state index < -0.39 is 24.1 Å². The van der Waals surface area contributed by atoms with Gasteiger partial charge in [-0.2, -0.15) is 18.3 Å². The molecule has 172 valence electrons. The molecular formula is C25H18F4N4O. The fourth-order valence-electron chi connectivity index (χ4n) is 3.86. The molecule has 5 nitrogen and oxygen atoms in total. The lowest BCUT2D eigenvalue weighted by atomic mass is 9.92. The van der Waals surface area contributed by atoms with Crippen LogP contribution in [0.5, 0.6) is 0 Å². The SMILES string of the molecule is OC(CNc1ccc2ncccc2c1)(c1ccc2c(cnn2-c2ccc(F)cc2)c1)C(F)(F)F. The normalized spacial score (nSPS) is 13.8. The Morgan fingerprint density at radius 3 is 2.47 bits per heavy atom. The van der Waals surface area contributed by atoms with Gasteiger partial charge < -0.3 is 10.4 Å². The van der Waals surface area contributed by atoms with Crippen molar-refractivity contribution in [2.24, 2.45) is 0 Å². The lowest BCUT2D eigenvalue weighted by molar-refractivity contribution is -0.260. The van der Waals surface area contributed by atoms with Crippen molar-refractivity contribution in [1.29, 1.82) is 0 Å². The van der Waals surface area contributed by atoms with Crippen LogP contribution in [0, 0.1) is 5.82 Å². The maximum atomic E-state index is 14.1. The van der Waals surface area contributed by atoms with Crippen LogP contribution >= 0.6 is 0 Å². The molecule has 0 radical (unpaired) electrons. The average Bonchev–Trinajstić information content (AvgIpc) is 3.25. The highest BCUT2D eigenvalue weighted by atomic mass is 19.4. The van der Waals surface area contributed by atoms with Crippen molar-refractivity contribution in [3.05, 3.63) is 96.6 Å². The Bertz CT molecular complexity index is 1480. The monoisotopic (exact) mass is 466 g/mol. The number of hydrogen-bond donors (Lipinski definition) is 2. The van der Waals surface area contributed by atoms with E-state index in [1.807, 2.05) is 0 Å². The van der Waals surface area contributed by atoms with E-state index >= 15 is 0 Å². The van der Waals surface area contributed by atoms with E-state index in [9.17, 15) is 22.7 Å². The van der Waals surface area contributed by atoms with Gasteiger partial charge in [0.05, 0.1) is 29.5 Å². The maximum absolute atomic E-state index is 14.1. The molecule has 0 amide bonds. The Hall–Kier alpha value is -3.98. The number of hydrogen-bond acceptors (Lipinski definition) is 4. The molecule has 0 saturated carbocycles. The summed E-state index contributed by atoms with van der Waals surface area (Å²) in [7, 11) is 0. The summed E-state index contributed by atoms with van der Waals surface area (Å²) in [4.78, 5) is 4.19. The van der Waals surface area contributed by atoms with Crippen molar-refractivity contribution in [3.63, 3.8) is 0 Å². The highest BCUT2D eigenvalue weighted by Gasteiger charge is 2.55.